The van der Waals surface area contributed by atoms with Gasteiger partial charge in [-0.05, 0) is 78.1 Å². The van der Waals surface area contributed by atoms with Crippen LogP contribution in [0.25, 0.3) is 0 Å². The Morgan fingerprint density at radius 2 is 1.89 bits per heavy atom. The third-order valence-corrected chi connectivity index (χ3v) is 7.68. The highest BCUT2D eigenvalue weighted by atomic mass is 35.5. The van der Waals surface area contributed by atoms with Gasteiger partial charge in [0.1, 0.15) is 17.7 Å². The molecule has 1 aromatic heterocycles. The zero-order valence-corrected chi connectivity index (χ0v) is 21.6. The number of benzene rings is 1. The van der Waals surface area contributed by atoms with Crippen molar-refractivity contribution in [3.05, 3.63) is 55.2 Å². The number of carbonyl (C=O) groups excluding carboxylic acids is 1. The standard InChI is InChI=1S/C26H33ClFN3O4/c1-13-10-14(2)30-25(32)18(13)11-29-26(33)20-15(3)23-24(21(27)22(20)28)34-12-19(35-23)16-6-8-17(9-7-16)31(4)5/h10,16-17,19H,6-9,11-12H2,1-5H3,(H,29,33)(H,30,32)/t16-,17+,19-/m1/s1. The quantitative estimate of drug-likeness (QED) is 0.633. The lowest BCUT2D eigenvalue weighted by atomic mass is 9.82. The molecule has 0 bridgehead atoms. The van der Waals surface area contributed by atoms with E-state index in [1.807, 2.05) is 6.07 Å². The minimum atomic E-state index is -0.858. The molecule has 0 saturated heterocycles. The number of aromatic nitrogens is 1. The average molecular weight is 506 g/mol. The summed E-state index contributed by atoms with van der Waals surface area (Å²) in [6.45, 7) is 5.47. The number of hydrogen-bond acceptors (Lipinski definition) is 5. The molecule has 1 atom stereocenters. The summed E-state index contributed by atoms with van der Waals surface area (Å²) in [4.78, 5) is 30.3. The number of rotatable bonds is 5. The molecule has 7 nitrogen and oxygen atoms in total. The summed E-state index contributed by atoms with van der Waals surface area (Å²) in [5, 5.41) is 2.39. The van der Waals surface area contributed by atoms with Gasteiger partial charge in [0.15, 0.2) is 17.3 Å². The number of aryl methyl sites for hydroxylation is 2. The maximum Gasteiger partial charge on any atom is 0.254 e. The summed E-state index contributed by atoms with van der Waals surface area (Å²) in [6.07, 6.45) is 4.00. The number of nitrogens with one attached hydrogen (secondary N) is 2. The Hall–Kier alpha value is -2.58. The second-order valence-corrected chi connectivity index (χ2v) is 10.3. The smallest absolute Gasteiger partial charge is 0.254 e. The number of fused-ring (bicyclic) bond motifs is 1. The fourth-order valence-corrected chi connectivity index (χ4v) is 5.46. The number of H-pyrrole nitrogens is 1. The number of nitrogens with zero attached hydrogens (tertiary/aromatic N) is 1. The molecular formula is C26H33ClFN3O4. The fraction of sp³-hybridized carbons (Fsp3) is 0.538. The highest BCUT2D eigenvalue weighted by molar-refractivity contribution is 6.33. The monoisotopic (exact) mass is 505 g/mol. The maximum absolute atomic E-state index is 15.2. The van der Waals surface area contributed by atoms with E-state index in [0.717, 1.165) is 36.9 Å². The van der Waals surface area contributed by atoms with E-state index in [0.29, 0.717) is 35.4 Å². The van der Waals surface area contributed by atoms with Crippen LogP contribution in [0.2, 0.25) is 5.02 Å². The molecule has 190 valence electrons. The molecule has 0 unspecified atom stereocenters. The summed E-state index contributed by atoms with van der Waals surface area (Å²) in [7, 11) is 4.20. The lowest BCUT2D eigenvalue weighted by molar-refractivity contribution is 0.0236. The van der Waals surface area contributed by atoms with Crippen molar-refractivity contribution in [2.24, 2.45) is 5.92 Å². The molecule has 2 N–H and O–H groups in total. The summed E-state index contributed by atoms with van der Waals surface area (Å²) in [6, 6.07) is 2.38. The van der Waals surface area contributed by atoms with Gasteiger partial charge < -0.3 is 24.7 Å². The molecule has 0 radical (unpaired) electrons. The molecule has 1 saturated carbocycles. The molecule has 1 amide bonds. The minimum Gasteiger partial charge on any atom is -0.484 e. The van der Waals surface area contributed by atoms with Crippen molar-refractivity contribution in [3.63, 3.8) is 0 Å². The predicted octanol–water partition coefficient (Wildman–Crippen LogP) is 4.28. The maximum atomic E-state index is 15.2. The number of ether oxygens (including phenoxy) is 2. The second-order valence-electron chi connectivity index (χ2n) is 9.91. The molecule has 1 aromatic carbocycles. The Bertz CT molecular complexity index is 1190. The van der Waals surface area contributed by atoms with Crippen molar-refractivity contribution >= 4 is 17.5 Å². The largest absolute Gasteiger partial charge is 0.484 e. The third-order valence-electron chi connectivity index (χ3n) is 7.34. The highest BCUT2D eigenvalue weighted by Gasteiger charge is 2.37. The lowest BCUT2D eigenvalue weighted by Crippen LogP contribution is -2.41. The Balaban J connectivity index is 1.55. The van der Waals surface area contributed by atoms with Crippen molar-refractivity contribution in [2.75, 3.05) is 20.7 Å². The first-order chi connectivity index (χ1) is 16.6. The molecule has 0 spiro atoms. The van der Waals surface area contributed by atoms with E-state index < -0.39 is 11.7 Å². The van der Waals surface area contributed by atoms with Crippen molar-refractivity contribution < 1.29 is 18.7 Å². The molecule has 1 aliphatic carbocycles. The van der Waals surface area contributed by atoms with E-state index >= 15 is 4.39 Å². The number of halogens is 2. The van der Waals surface area contributed by atoms with E-state index in [1.165, 1.54) is 0 Å². The lowest BCUT2D eigenvalue weighted by Gasteiger charge is -2.38. The van der Waals surface area contributed by atoms with Gasteiger partial charge in [0.05, 0.1) is 5.56 Å². The number of carbonyl (C=O) groups is 1. The summed E-state index contributed by atoms with van der Waals surface area (Å²) < 4.78 is 27.4. The molecule has 1 aliphatic heterocycles. The topological polar surface area (TPSA) is 83.7 Å². The summed E-state index contributed by atoms with van der Waals surface area (Å²) >= 11 is 6.28. The Labute approximate surface area is 209 Å². The van der Waals surface area contributed by atoms with Gasteiger partial charge in [-0.15, -0.1) is 0 Å². The first-order valence-electron chi connectivity index (χ1n) is 12.0. The first-order valence-corrected chi connectivity index (χ1v) is 12.4. The van der Waals surface area contributed by atoms with Crippen LogP contribution >= 0.6 is 11.6 Å². The molecule has 1 fully saturated rings. The van der Waals surface area contributed by atoms with Gasteiger partial charge in [-0.1, -0.05) is 11.6 Å². The van der Waals surface area contributed by atoms with Crippen LogP contribution in [0.3, 0.4) is 0 Å². The normalized spacial score (nSPS) is 21.8. The molecule has 2 aliphatic rings. The van der Waals surface area contributed by atoms with Crippen molar-refractivity contribution in [1.82, 2.24) is 15.2 Å². The molecule has 35 heavy (non-hydrogen) atoms. The van der Waals surface area contributed by atoms with Gasteiger partial charge in [0, 0.05) is 29.4 Å². The van der Waals surface area contributed by atoms with Gasteiger partial charge in [-0.25, -0.2) is 4.39 Å². The van der Waals surface area contributed by atoms with Gasteiger partial charge in [0.25, 0.3) is 11.5 Å². The SMILES string of the molecule is Cc1cc(C)c(CNC(=O)c2c(C)c3c(c(Cl)c2F)OC[C@H]([C@H]2CC[C@@H](N(C)C)CC2)O3)c(=O)[nH]1. The predicted molar refractivity (Wildman–Crippen MR) is 133 cm³/mol. The number of amides is 1. The van der Waals surface area contributed by atoms with E-state index in [1.54, 1.807) is 20.8 Å². The number of aromatic amines is 1. The van der Waals surface area contributed by atoms with Crippen LogP contribution in [0.5, 0.6) is 11.5 Å². The fourth-order valence-electron chi connectivity index (χ4n) is 5.23. The minimum absolute atomic E-state index is 0.0387. The Morgan fingerprint density at radius 1 is 1.20 bits per heavy atom. The number of pyridine rings is 1. The first kappa shape index (κ1) is 25.5. The summed E-state index contributed by atoms with van der Waals surface area (Å²) in [5.74, 6) is -0.750. The third kappa shape index (κ3) is 5.05. The van der Waals surface area contributed by atoms with E-state index in [-0.39, 0.29) is 34.5 Å². The van der Waals surface area contributed by atoms with Crippen molar-refractivity contribution in [1.29, 1.82) is 0 Å². The van der Waals surface area contributed by atoms with E-state index in [9.17, 15) is 9.59 Å². The van der Waals surface area contributed by atoms with Gasteiger partial charge >= 0.3 is 0 Å². The zero-order chi connectivity index (χ0) is 25.4. The van der Waals surface area contributed by atoms with Crippen molar-refractivity contribution in [2.45, 2.75) is 65.1 Å². The zero-order valence-electron chi connectivity index (χ0n) is 20.9. The van der Waals surface area contributed by atoms with Crippen LogP contribution in [-0.2, 0) is 6.54 Å². The molecule has 9 heteroatoms. The van der Waals surface area contributed by atoms with Gasteiger partial charge in [-0.2, -0.15) is 0 Å². The van der Waals surface area contributed by atoms with Crippen LogP contribution in [-0.4, -0.2) is 48.6 Å². The highest BCUT2D eigenvalue weighted by Crippen LogP contribution is 2.46. The molecule has 4 rings (SSSR count). The second kappa shape index (κ2) is 10.2. The van der Waals surface area contributed by atoms with Crippen LogP contribution in [0, 0.1) is 32.5 Å². The summed E-state index contributed by atoms with van der Waals surface area (Å²) in [5.41, 5.74) is 1.74. The molecular weight excluding hydrogens is 473 g/mol. The molecule has 2 heterocycles. The van der Waals surface area contributed by atoms with E-state index in [2.05, 4.69) is 29.3 Å². The van der Waals surface area contributed by atoms with Crippen LogP contribution in [0.4, 0.5) is 4.39 Å². The van der Waals surface area contributed by atoms with Gasteiger partial charge in [-0.3, -0.25) is 9.59 Å². The van der Waals surface area contributed by atoms with Crippen LogP contribution in [0.1, 0.15) is 58.4 Å². The van der Waals surface area contributed by atoms with Crippen molar-refractivity contribution in [3.8, 4) is 11.5 Å². The van der Waals surface area contributed by atoms with Crippen LogP contribution in [0.15, 0.2) is 10.9 Å². The molecule has 2 aromatic rings. The van der Waals surface area contributed by atoms with E-state index in [4.69, 9.17) is 21.1 Å². The Kier molecular flexibility index (Phi) is 7.43. The average Bonchev–Trinajstić information content (AvgIpc) is 2.81. The van der Waals surface area contributed by atoms with Gasteiger partial charge in [0.2, 0.25) is 0 Å². The Morgan fingerprint density at radius 3 is 2.51 bits per heavy atom. The number of hydrogen-bond donors (Lipinski definition) is 2. The van der Waals surface area contributed by atoms with Crippen LogP contribution < -0.4 is 20.3 Å².